The van der Waals surface area contributed by atoms with E-state index >= 15 is 0 Å². The van der Waals surface area contributed by atoms with E-state index in [0.29, 0.717) is 28.8 Å². The first-order chi connectivity index (χ1) is 14.2. The molecule has 0 atom stereocenters. The molecule has 0 saturated carbocycles. The van der Waals surface area contributed by atoms with E-state index in [4.69, 9.17) is 11.6 Å². The van der Waals surface area contributed by atoms with Gasteiger partial charge in [-0.15, -0.1) is 10.2 Å². The Hall–Kier alpha value is -2.90. The van der Waals surface area contributed by atoms with E-state index < -0.39 is 0 Å². The minimum atomic E-state index is -0.0190. The fourth-order valence-corrected chi connectivity index (χ4v) is 3.62. The average Bonchev–Trinajstić information content (AvgIpc) is 3.17. The van der Waals surface area contributed by atoms with Crippen molar-refractivity contribution in [3.8, 4) is 11.4 Å². The van der Waals surface area contributed by atoms with Gasteiger partial charge in [0.15, 0.2) is 11.5 Å². The minimum Gasteiger partial charge on any atom is -0.355 e. The van der Waals surface area contributed by atoms with Gasteiger partial charge >= 0.3 is 0 Å². The SMILES string of the molecule is O=C(CSc1ccc2nnc(-c3ccc(Cl)cc3)n2n1)NCCc1ccccc1. The number of nitrogens with one attached hydrogen (secondary N) is 1. The predicted molar refractivity (Wildman–Crippen MR) is 115 cm³/mol. The van der Waals surface area contributed by atoms with Crippen LogP contribution >= 0.6 is 23.4 Å². The number of benzene rings is 2. The Balaban J connectivity index is 1.37. The van der Waals surface area contributed by atoms with Crippen LogP contribution in [0.25, 0.3) is 17.0 Å². The monoisotopic (exact) mass is 423 g/mol. The fourth-order valence-electron chi connectivity index (χ4n) is 2.81. The van der Waals surface area contributed by atoms with E-state index in [0.717, 1.165) is 17.0 Å². The molecule has 2 heterocycles. The molecule has 1 N–H and O–H groups in total. The highest BCUT2D eigenvalue weighted by Crippen LogP contribution is 2.22. The van der Waals surface area contributed by atoms with Crippen molar-refractivity contribution in [1.82, 2.24) is 25.1 Å². The third kappa shape index (κ3) is 4.93. The number of hydrogen-bond acceptors (Lipinski definition) is 5. The third-order valence-electron chi connectivity index (χ3n) is 4.27. The lowest BCUT2D eigenvalue weighted by atomic mass is 10.1. The zero-order valence-electron chi connectivity index (χ0n) is 15.5. The van der Waals surface area contributed by atoms with Crippen molar-refractivity contribution in [2.75, 3.05) is 12.3 Å². The smallest absolute Gasteiger partial charge is 0.230 e. The Morgan fingerprint density at radius 1 is 1.00 bits per heavy atom. The largest absolute Gasteiger partial charge is 0.355 e. The molecular weight excluding hydrogens is 406 g/mol. The molecule has 0 unspecified atom stereocenters. The van der Waals surface area contributed by atoms with Crippen molar-refractivity contribution in [3.05, 3.63) is 77.3 Å². The van der Waals surface area contributed by atoms with Crippen LogP contribution in [0, 0.1) is 0 Å². The quantitative estimate of drug-likeness (QED) is 0.456. The molecule has 146 valence electrons. The van der Waals surface area contributed by atoms with Gasteiger partial charge in [0.1, 0.15) is 5.03 Å². The lowest BCUT2D eigenvalue weighted by Crippen LogP contribution is -2.27. The second-order valence-corrected chi connectivity index (χ2v) is 7.78. The summed E-state index contributed by atoms with van der Waals surface area (Å²) >= 11 is 7.34. The highest BCUT2D eigenvalue weighted by Gasteiger charge is 2.11. The number of thioether (sulfide) groups is 1. The van der Waals surface area contributed by atoms with Crippen molar-refractivity contribution in [3.63, 3.8) is 0 Å². The molecule has 8 heteroatoms. The summed E-state index contributed by atoms with van der Waals surface area (Å²) in [7, 11) is 0. The molecular formula is C21H18ClN5OS. The number of aromatic nitrogens is 4. The molecule has 0 radical (unpaired) electrons. The lowest BCUT2D eigenvalue weighted by molar-refractivity contribution is -0.118. The summed E-state index contributed by atoms with van der Waals surface area (Å²) in [5.41, 5.74) is 2.72. The van der Waals surface area contributed by atoms with Crippen molar-refractivity contribution in [1.29, 1.82) is 0 Å². The highest BCUT2D eigenvalue weighted by molar-refractivity contribution is 7.99. The van der Waals surface area contributed by atoms with Crippen molar-refractivity contribution in [2.24, 2.45) is 0 Å². The summed E-state index contributed by atoms with van der Waals surface area (Å²) < 4.78 is 1.68. The number of amides is 1. The molecule has 0 aliphatic rings. The van der Waals surface area contributed by atoms with E-state index in [1.165, 1.54) is 17.3 Å². The maximum atomic E-state index is 12.1. The number of rotatable bonds is 7. The Bertz CT molecular complexity index is 1120. The van der Waals surface area contributed by atoms with Crippen LogP contribution in [0.4, 0.5) is 0 Å². The maximum absolute atomic E-state index is 12.1. The van der Waals surface area contributed by atoms with Crippen LogP contribution in [0.3, 0.4) is 0 Å². The van der Waals surface area contributed by atoms with Gasteiger partial charge in [-0.1, -0.05) is 53.7 Å². The van der Waals surface area contributed by atoms with Gasteiger partial charge in [-0.3, -0.25) is 4.79 Å². The van der Waals surface area contributed by atoms with Gasteiger partial charge in [0.2, 0.25) is 5.91 Å². The number of fused-ring (bicyclic) bond motifs is 1. The van der Waals surface area contributed by atoms with E-state index in [9.17, 15) is 4.79 Å². The topological polar surface area (TPSA) is 72.2 Å². The Morgan fingerprint density at radius 3 is 2.59 bits per heavy atom. The number of carbonyl (C=O) groups is 1. The number of carbonyl (C=O) groups excluding carboxylic acids is 1. The molecule has 0 fully saturated rings. The maximum Gasteiger partial charge on any atom is 0.230 e. The molecule has 2 aromatic heterocycles. The van der Waals surface area contributed by atoms with Crippen LogP contribution in [0.5, 0.6) is 0 Å². The molecule has 0 bridgehead atoms. The van der Waals surface area contributed by atoms with Crippen LogP contribution in [0.2, 0.25) is 5.02 Å². The number of nitrogens with zero attached hydrogens (tertiary/aromatic N) is 4. The molecule has 0 aliphatic heterocycles. The van der Waals surface area contributed by atoms with Crippen LogP contribution in [-0.4, -0.2) is 38.0 Å². The number of hydrogen-bond donors (Lipinski definition) is 1. The Morgan fingerprint density at radius 2 is 1.79 bits per heavy atom. The first kappa shape index (κ1) is 19.4. The van der Waals surface area contributed by atoms with E-state index in [2.05, 4.69) is 32.7 Å². The average molecular weight is 424 g/mol. The molecule has 29 heavy (non-hydrogen) atoms. The standard InChI is InChI=1S/C21H18ClN5OS/c22-17-8-6-16(7-9-17)21-25-24-18-10-11-20(26-27(18)21)29-14-19(28)23-13-12-15-4-2-1-3-5-15/h1-11H,12-14H2,(H,23,28). The van der Waals surface area contributed by atoms with Crippen LogP contribution in [-0.2, 0) is 11.2 Å². The van der Waals surface area contributed by atoms with Gasteiger partial charge < -0.3 is 5.32 Å². The van der Waals surface area contributed by atoms with E-state index in [1.807, 2.05) is 42.5 Å². The van der Waals surface area contributed by atoms with Crippen LogP contribution in [0.15, 0.2) is 71.8 Å². The van der Waals surface area contributed by atoms with Gasteiger partial charge in [0.05, 0.1) is 5.75 Å². The number of halogens is 1. The molecule has 4 aromatic rings. The summed E-state index contributed by atoms with van der Waals surface area (Å²) in [6.45, 7) is 0.613. The van der Waals surface area contributed by atoms with Crippen molar-refractivity contribution < 1.29 is 4.79 Å². The van der Waals surface area contributed by atoms with Gasteiger partial charge in [0, 0.05) is 17.1 Å². The summed E-state index contributed by atoms with van der Waals surface area (Å²) in [6, 6.07) is 21.1. The first-order valence-electron chi connectivity index (χ1n) is 9.11. The molecule has 4 rings (SSSR count). The summed E-state index contributed by atoms with van der Waals surface area (Å²) in [4.78, 5) is 12.1. The van der Waals surface area contributed by atoms with Gasteiger partial charge in [-0.05, 0) is 48.4 Å². The normalized spacial score (nSPS) is 10.9. The molecule has 6 nitrogen and oxygen atoms in total. The second-order valence-electron chi connectivity index (χ2n) is 6.35. The third-order valence-corrected chi connectivity index (χ3v) is 5.44. The predicted octanol–water partition coefficient (Wildman–Crippen LogP) is 3.90. The molecule has 0 spiro atoms. The molecule has 0 saturated heterocycles. The molecule has 0 aliphatic carbocycles. The van der Waals surface area contributed by atoms with Gasteiger partial charge in [0.25, 0.3) is 0 Å². The van der Waals surface area contributed by atoms with E-state index in [-0.39, 0.29) is 5.91 Å². The molecule has 1 amide bonds. The van der Waals surface area contributed by atoms with Crippen molar-refractivity contribution >= 4 is 34.9 Å². The van der Waals surface area contributed by atoms with Gasteiger partial charge in [-0.2, -0.15) is 9.61 Å². The zero-order chi connectivity index (χ0) is 20.1. The lowest BCUT2D eigenvalue weighted by Gasteiger charge is -2.06. The van der Waals surface area contributed by atoms with Crippen LogP contribution < -0.4 is 5.32 Å². The summed E-state index contributed by atoms with van der Waals surface area (Å²) in [5.74, 6) is 0.909. The molecule has 2 aromatic carbocycles. The minimum absolute atomic E-state index is 0.0190. The zero-order valence-corrected chi connectivity index (χ0v) is 17.0. The van der Waals surface area contributed by atoms with E-state index in [1.54, 1.807) is 16.6 Å². The summed E-state index contributed by atoms with van der Waals surface area (Å²) in [5, 5.41) is 17.3. The Kier molecular flexibility index (Phi) is 6.07. The first-order valence-corrected chi connectivity index (χ1v) is 10.5. The fraction of sp³-hybridized carbons (Fsp3) is 0.143. The van der Waals surface area contributed by atoms with Crippen molar-refractivity contribution in [2.45, 2.75) is 11.4 Å². The van der Waals surface area contributed by atoms with Crippen LogP contribution in [0.1, 0.15) is 5.56 Å². The second kappa shape index (κ2) is 9.07. The Labute approximate surface area is 177 Å². The summed E-state index contributed by atoms with van der Waals surface area (Å²) in [6.07, 6.45) is 0.812. The highest BCUT2D eigenvalue weighted by atomic mass is 35.5. The van der Waals surface area contributed by atoms with Gasteiger partial charge in [-0.25, -0.2) is 0 Å².